The van der Waals surface area contributed by atoms with E-state index in [1.54, 1.807) is 10.7 Å². The zero-order valence-electron chi connectivity index (χ0n) is 13.4. The molecule has 0 atom stereocenters. The van der Waals surface area contributed by atoms with Crippen LogP contribution in [0.3, 0.4) is 0 Å². The van der Waals surface area contributed by atoms with Crippen LogP contribution < -0.4 is 5.32 Å². The van der Waals surface area contributed by atoms with Gasteiger partial charge in [0.25, 0.3) is 5.91 Å². The van der Waals surface area contributed by atoms with Crippen LogP contribution >= 0.6 is 0 Å². The lowest BCUT2D eigenvalue weighted by molar-refractivity contribution is 0.0775. The Labute approximate surface area is 131 Å². The van der Waals surface area contributed by atoms with Crippen LogP contribution in [0.5, 0.6) is 0 Å². The van der Waals surface area contributed by atoms with Crippen molar-refractivity contribution in [2.24, 2.45) is 0 Å². The molecule has 1 aliphatic heterocycles. The van der Waals surface area contributed by atoms with Crippen molar-refractivity contribution >= 4 is 11.4 Å². The number of fused-ring (bicyclic) bond motifs is 1. The second kappa shape index (κ2) is 6.48. The van der Waals surface area contributed by atoms with E-state index in [-0.39, 0.29) is 5.91 Å². The fourth-order valence-electron chi connectivity index (χ4n) is 3.25. The molecule has 2 aromatic rings. The van der Waals surface area contributed by atoms with Crippen LogP contribution in [-0.4, -0.2) is 46.6 Å². The monoisotopic (exact) mass is 300 g/mol. The number of aromatic nitrogens is 2. The molecule has 1 N–H and O–H groups in total. The number of rotatable bonds is 4. The molecule has 0 spiro atoms. The van der Waals surface area contributed by atoms with Gasteiger partial charge in [0, 0.05) is 19.3 Å². The largest absolute Gasteiger partial charge is 0.339 e. The zero-order chi connectivity index (χ0) is 15.5. The molecule has 1 saturated heterocycles. The molecule has 5 nitrogen and oxygen atoms in total. The first kappa shape index (κ1) is 15.0. The molecular weight excluding hydrogens is 276 g/mol. The number of nitrogens with zero attached hydrogens (tertiary/aromatic N) is 3. The highest BCUT2D eigenvalue weighted by molar-refractivity contribution is 6.00. The van der Waals surface area contributed by atoms with Crippen molar-refractivity contribution in [1.82, 2.24) is 19.8 Å². The predicted molar refractivity (Wildman–Crippen MR) is 87.3 cm³/mol. The van der Waals surface area contributed by atoms with E-state index < -0.39 is 0 Å². The summed E-state index contributed by atoms with van der Waals surface area (Å²) in [6, 6.07) is 4.29. The quantitative estimate of drug-likeness (QED) is 0.942. The van der Waals surface area contributed by atoms with Crippen LogP contribution in [0.15, 0.2) is 24.5 Å². The Balaban J connectivity index is 1.96. The van der Waals surface area contributed by atoms with Crippen LogP contribution in [0, 0.1) is 0 Å². The topological polar surface area (TPSA) is 49.6 Å². The molecule has 0 bridgehead atoms. The van der Waals surface area contributed by atoms with Crippen molar-refractivity contribution < 1.29 is 4.79 Å². The number of hydrogen-bond acceptors (Lipinski definition) is 3. The van der Waals surface area contributed by atoms with E-state index in [0.29, 0.717) is 11.5 Å². The van der Waals surface area contributed by atoms with Crippen molar-refractivity contribution in [1.29, 1.82) is 0 Å². The average Bonchev–Trinajstić information content (AvgIpc) is 2.99. The molecule has 118 valence electrons. The Bertz CT molecular complexity index is 654. The molecule has 3 rings (SSSR count). The third kappa shape index (κ3) is 2.73. The molecule has 1 amide bonds. The van der Waals surface area contributed by atoms with Crippen LogP contribution in [0.2, 0.25) is 0 Å². The summed E-state index contributed by atoms with van der Waals surface area (Å²) in [5, 5.41) is 7.73. The molecule has 2 aromatic heterocycles. The Hall–Kier alpha value is -1.88. The van der Waals surface area contributed by atoms with E-state index in [9.17, 15) is 4.79 Å². The molecule has 22 heavy (non-hydrogen) atoms. The maximum Gasteiger partial charge on any atom is 0.257 e. The van der Waals surface area contributed by atoms with Crippen molar-refractivity contribution in [3.63, 3.8) is 0 Å². The predicted octanol–water partition coefficient (Wildman–Crippen LogP) is 2.28. The molecule has 1 aliphatic rings. The Morgan fingerprint density at radius 2 is 2.09 bits per heavy atom. The van der Waals surface area contributed by atoms with Gasteiger partial charge < -0.3 is 10.2 Å². The number of carbonyl (C=O) groups is 1. The van der Waals surface area contributed by atoms with Crippen molar-refractivity contribution in [3.05, 3.63) is 35.7 Å². The Morgan fingerprint density at radius 1 is 1.36 bits per heavy atom. The highest BCUT2D eigenvalue weighted by atomic mass is 16.2. The van der Waals surface area contributed by atoms with Gasteiger partial charge in [-0.2, -0.15) is 5.10 Å². The van der Waals surface area contributed by atoms with Gasteiger partial charge in [-0.1, -0.05) is 0 Å². The van der Waals surface area contributed by atoms with Crippen LogP contribution in [0.1, 0.15) is 48.5 Å². The standard InChI is InChI=1S/C17H24N4O/c1-3-20(4-2)17(22)15-12-19-21-10-7-14(11-16(15)21)13-5-8-18-9-6-13/h7,10-13,18H,3-6,8-9H2,1-2H3. The third-order valence-electron chi connectivity index (χ3n) is 4.64. The molecular formula is C17H24N4O. The van der Waals surface area contributed by atoms with Gasteiger partial charge in [-0.15, -0.1) is 0 Å². The first-order valence-electron chi connectivity index (χ1n) is 8.21. The van der Waals surface area contributed by atoms with E-state index >= 15 is 0 Å². The lowest BCUT2D eigenvalue weighted by Crippen LogP contribution is -2.30. The number of amides is 1. The minimum Gasteiger partial charge on any atom is -0.339 e. The number of hydrogen-bond donors (Lipinski definition) is 1. The summed E-state index contributed by atoms with van der Waals surface area (Å²) in [5.74, 6) is 0.653. The van der Waals surface area contributed by atoms with Gasteiger partial charge in [-0.25, -0.2) is 4.52 Å². The summed E-state index contributed by atoms with van der Waals surface area (Å²) in [5.41, 5.74) is 2.95. The molecule has 0 unspecified atom stereocenters. The first-order chi connectivity index (χ1) is 10.7. The minimum absolute atomic E-state index is 0.0717. The Kier molecular flexibility index (Phi) is 4.43. The van der Waals surface area contributed by atoms with Gasteiger partial charge in [0.1, 0.15) is 0 Å². The van der Waals surface area contributed by atoms with E-state index in [0.717, 1.165) is 44.5 Å². The number of nitrogens with one attached hydrogen (secondary N) is 1. The second-order valence-corrected chi connectivity index (χ2v) is 5.85. The smallest absolute Gasteiger partial charge is 0.257 e. The molecule has 3 heterocycles. The number of pyridine rings is 1. The summed E-state index contributed by atoms with van der Waals surface area (Å²) < 4.78 is 1.81. The fourth-order valence-corrected chi connectivity index (χ4v) is 3.25. The summed E-state index contributed by atoms with van der Waals surface area (Å²) in [4.78, 5) is 14.5. The molecule has 5 heteroatoms. The van der Waals surface area contributed by atoms with E-state index in [4.69, 9.17) is 0 Å². The minimum atomic E-state index is 0.0717. The van der Waals surface area contributed by atoms with Crippen molar-refractivity contribution in [2.45, 2.75) is 32.6 Å². The van der Waals surface area contributed by atoms with Crippen LogP contribution in [-0.2, 0) is 0 Å². The number of carbonyl (C=O) groups excluding carboxylic acids is 1. The highest BCUT2D eigenvalue weighted by Gasteiger charge is 2.20. The molecule has 0 aromatic carbocycles. The summed E-state index contributed by atoms with van der Waals surface area (Å²) in [6.07, 6.45) is 5.99. The van der Waals surface area contributed by atoms with Crippen LogP contribution in [0.25, 0.3) is 5.52 Å². The number of piperidine rings is 1. The summed E-state index contributed by atoms with van der Waals surface area (Å²) in [6.45, 7) is 7.60. The zero-order valence-corrected chi connectivity index (χ0v) is 13.4. The van der Waals surface area contributed by atoms with Crippen molar-refractivity contribution in [3.8, 4) is 0 Å². The lowest BCUT2D eigenvalue weighted by Gasteiger charge is -2.23. The molecule has 0 saturated carbocycles. The van der Waals surface area contributed by atoms with Gasteiger partial charge in [0.15, 0.2) is 0 Å². The lowest BCUT2D eigenvalue weighted by atomic mass is 9.90. The van der Waals surface area contributed by atoms with E-state index in [2.05, 4.69) is 22.5 Å². The SMILES string of the molecule is CCN(CC)C(=O)c1cnn2ccc(C3CCNCC3)cc12. The Morgan fingerprint density at radius 3 is 2.77 bits per heavy atom. The average molecular weight is 300 g/mol. The normalized spacial score (nSPS) is 16.1. The molecule has 0 radical (unpaired) electrons. The molecule has 1 fully saturated rings. The van der Waals surface area contributed by atoms with E-state index in [1.165, 1.54) is 5.56 Å². The second-order valence-electron chi connectivity index (χ2n) is 5.85. The molecule has 0 aliphatic carbocycles. The van der Waals surface area contributed by atoms with Crippen molar-refractivity contribution in [2.75, 3.05) is 26.2 Å². The van der Waals surface area contributed by atoms with Gasteiger partial charge >= 0.3 is 0 Å². The first-order valence-corrected chi connectivity index (χ1v) is 8.21. The maximum absolute atomic E-state index is 12.6. The highest BCUT2D eigenvalue weighted by Crippen LogP contribution is 2.27. The van der Waals surface area contributed by atoms with Gasteiger partial charge in [0.2, 0.25) is 0 Å². The van der Waals surface area contributed by atoms with Gasteiger partial charge in [-0.05, 0) is 63.4 Å². The maximum atomic E-state index is 12.6. The summed E-state index contributed by atoms with van der Waals surface area (Å²) in [7, 11) is 0. The van der Waals surface area contributed by atoms with Gasteiger partial charge in [0.05, 0.1) is 17.3 Å². The van der Waals surface area contributed by atoms with E-state index in [1.807, 2.05) is 24.9 Å². The summed E-state index contributed by atoms with van der Waals surface area (Å²) >= 11 is 0. The fraction of sp³-hybridized carbons (Fsp3) is 0.529. The van der Waals surface area contributed by atoms with Gasteiger partial charge in [-0.3, -0.25) is 4.79 Å². The third-order valence-corrected chi connectivity index (χ3v) is 4.64. The van der Waals surface area contributed by atoms with Crippen LogP contribution in [0.4, 0.5) is 0 Å².